The molecule has 7 aromatic rings. The lowest BCUT2D eigenvalue weighted by Gasteiger charge is -2.19. The Morgan fingerprint density at radius 1 is 0.556 bits per heavy atom. The minimum Gasteiger partial charge on any atom is -0.295 e. The number of para-hydroxylation sites is 2. The van der Waals surface area contributed by atoms with Crippen LogP contribution in [0.1, 0.15) is 5.82 Å². The molecule has 2 aromatic heterocycles. The second kappa shape index (κ2) is 8.17. The summed E-state index contributed by atoms with van der Waals surface area (Å²) in [5.41, 5.74) is 8.12. The second-order valence-corrected chi connectivity index (χ2v) is 9.11. The molecule has 0 saturated carbocycles. The summed E-state index contributed by atoms with van der Waals surface area (Å²) in [5, 5.41) is 4.89. The lowest BCUT2D eigenvalue weighted by Crippen LogP contribution is -2.01. The molecule has 0 radical (unpaired) electrons. The fourth-order valence-electron chi connectivity index (χ4n) is 5.48. The van der Waals surface area contributed by atoms with Crippen molar-refractivity contribution in [3.8, 4) is 27.9 Å². The number of hydrogen-bond acceptors (Lipinski definition) is 2. The average molecular weight is 462 g/mol. The largest absolute Gasteiger partial charge is 0.295 e. The summed E-state index contributed by atoms with van der Waals surface area (Å²) in [6, 6.07) is 38.8. The quantitative estimate of drug-likeness (QED) is 0.247. The molecule has 0 N–H and O–H groups in total. The summed E-state index contributed by atoms with van der Waals surface area (Å²) in [6.45, 7) is 2.09. The van der Waals surface area contributed by atoms with Gasteiger partial charge in [0.05, 0.1) is 16.7 Å². The summed E-state index contributed by atoms with van der Waals surface area (Å²) in [4.78, 5) is 9.08. The van der Waals surface area contributed by atoms with Crippen LogP contribution in [0.3, 0.4) is 0 Å². The van der Waals surface area contributed by atoms with Gasteiger partial charge in [0.15, 0.2) is 0 Å². The topological polar surface area (TPSA) is 30.7 Å². The zero-order valence-electron chi connectivity index (χ0n) is 19.9. The van der Waals surface area contributed by atoms with Crippen LogP contribution in [0, 0.1) is 6.92 Å². The number of pyridine rings is 1. The first kappa shape index (κ1) is 20.6. The molecular formula is C33H23N3. The van der Waals surface area contributed by atoms with Gasteiger partial charge in [-0.25, -0.2) is 4.98 Å². The SMILES string of the molecule is Cc1nc2ccccc2n1-c1c2ccccc2c(-c2cccc(-c3ccncc3)c2)c2ccccc12. The minimum absolute atomic E-state index is 0.985. The van der Waals surface area contributed by atoms with Crippen LogP contribution in [0.15, 0.2) is 122 Å². The predicted molar refractivity (Wildman–Crippen MR) is 149 cm³/mol. The number of benzene rings is 5. The normalized spacial score (nSPS) is 11.5. The number of aromatic nitrogens is 3. The molecule has 0 aliphatic carbocycles. The Labute approximate surface area is 209 Å². The van der Waals surface area contributed by atoms with Crippen molar-refractivity contribution in [2.24, 2.45) is 0 Å². The van der Waals surface area contributed by atoms with E-state index in [0.717, 1.165) is 22.4 Å². The summed E-state index contributed by atoms with van der Waals surface area (Å²) < 4.78 is 2.32. The summed E-state index contributed by atoms with van der Waals surface area (Å²) in [5.74, 6) is 0.985. The molecule has 170 valence electrons. The maximum absolute atomic E-state index is 4.89. The molecule has 3 heteroatoms. The van der Waals surface area contributed by atoms with Crippen molar-refractivity contribution in [2.45, 2.75) is 6.92 Å². The number of fused-ring (bicyclic) bond motifs is 3. The van der Waals surface area contributed by atoms with Crippen LogP contribution in [0.2, 0.25) is 0 Å². The summed E-state index contributed by atoms with van der Waals surface area (Å²) in [6.07, 6.45) is 3.69. The summed E-state index contributed by atoms with van der Waals surface area (Å²) in [7, 11) is 0. The van der Waals surface area contributed by atoms with E-state index in [1.165, 1.54) is 43.9 Å². The highest BCUT2D eigenvalue weighted by Gasteiger charge is 2.19. The minimum atomic E-state index is 0.985. The van der Waals surface area contributed by atoms with Gasteiger partial charge in [0, 0.05) is 23.2 Å². The molecule has 7 rings (SSSR count). The van der Waals surface area contributed by atoms with Crippen molar-refractivity contribution in [3.63, 3.8) is 0 Å². The van der Waals surface area contributed by atoms with Crippen molar-refractivity contribution >= 4 is 32.6 Å². The number of hydrogen-bond donors (Lipinski definition) is 0. The first-order valence-electron chi connectivity index (χ1n) is 12.2. The van der Waals surface area contributed by atoms with Gasteiger partial charge in [0.2, 0.25) is 0 Å². The van der Waals surface area contributed by atoms with Crippen LogP contribution >= 0.6 is 0 Å². The molecule has 0 amide bonds. The molecule has 36 heavy (non-hydrogen) atoms. The molecule has 2 heterocycles. The van der Waals surface area contributed by atoms with Crippen LogP contribution < -0.4 is 0 Å². The fourth-order valence-corrected chi connectivity index (χ4v) is 5.48. The maximum atomic E-state index is 4.89. The molecule has 0 aliphatic rings. The van der Waals surface area contributed by atoms with Gasteiger partial charge in [0.25, 0.3) is 0 Å². The highest BCUT2D eigenvalue weighted by atomic mass is 15.1. The van der Waals surface area contributed by atoms with Gasteiger partial charge in [-0.15, -0.1) is 0 Å². The lowest BCUT2D eigenvalue weighted by atomic mass is 9.89. The van der Waals surface area contributed by atoms with Crippen LogP contribution in [0.4, 0.5) is 0 Å². The molecule has 0 bridgehead atoms. The van der Waals surface area contributed by atoms with E-state index in [9.17, 15) is 0 Å². The van der Waals surface area contributed by atoms with E-state index >= 15 is 0 Å². The van der Waals surface area contributed by atoms with Crippen LogP contribution in [0.5, 0.6) is 0 Å². The van der Waals surface area contributed by atoms with Gasteiger partial charge >= 0.3 is 0 Å². The molecule has 0 unspecified atom stereocenters. The third-order valence-electron chi connectivity index (χ3n) is 7.02. The van der Waals surface area contributed by atoms with Crippen molar-refractivity contribution < 1.29 is 0 Å². The molecule has 0 fully saturated rings. The first-order valence-corrected chi connectivity index (χ1v) is 12.2. The molecule has 0 atom stereocenters. The Morgan fingerprint density at radius 2 is 1.17 bits per heavy atom. The van der Waals surface area contributed by atoms with Gasteiger partial charge in [0.1, 0.15) is 5.82 Å². The van der Waals surface area contributed by atoms with Crippen LogP contribution in [0.25, 0.3) is 60.5 Å². The standard InChI is InChI=1S/C33H23N3/c1-22-35-30-15-6-7-16-31(30)36(22)33-28-13-4-2-11-26(28)32(27-12-3-5-14-29(27)33)25-10-8-9-24(21-25)23-17-19-34-20-18-23/h2-21H,1H3. The Morgan fingerprint density at radius 3 is 1.89 bits per heavy atom. The highest BCUT2D eigenvalue weighted by Crippen LogP contribution is 2.42. The van der Waals surface area contributed by atoms with E-state index in [2.05, 4.69) is 120 Å². The van der Waals surface area contributed by atoms with Crippen molar-refractivity contribution in [2.75, 3.05) is 0 Å². The van der Waals surface area contributed by atoms with E-state index in [0.29, 0.717) is 0 Å². The first-order chi connectivity index (χ1) is 17.8. The van der Waals surface area contributed by atoms with Crippen molar-refractivity contribution in [1.29, 1.82) is 0 Å². The number of imidazole rings is 1. The number of aryl methyl sites for hydroxylation is 1. The van der Waals surface area contributed by atoms with E-state index in [1.54, 1.807) is 0 Å². The van der Waals surface area contributed by atoms with Gasteiger partial charge in [-0.3, -0.25) is 9.55 Å². The van der Waals surface area contributed by atoms with Gasteiger partial charge < -0.3 is 0 Å². The third-order valence-corrected chi connectivity index (χ3v) is 7.02. The zero-order chi connectivity index (χ0) is 24.1. The maximum Gasteiger partial charge on any atom is 0.111 e. The van der Waals surface area contributed by atoms with Gasteiger partial charge in [-0.2, -0.15) is 0 Å². The predicted octanol–water partition coefficient (Wildman–Crippen LogP) is 8.37. The molecule has 0 spiro atoms. The molecule has 5 aromatic carbocycles. The Hall–Kier alpha value is -4.76. The second-order valence-electron chi connectivity index (χ2n) is 9.11. The van der Waals surface area contributed by atoms with E-state index in [4.69, 9.17) is 4.98 Å². The van der Waals surface area contributed by atoms with E-state index in [-0.39, 0.29) is 0 Å². The smallest absolute Gasteiger partial charge is 0.111 e. The Balaban J connectivity index is 1.60. The average Bonchev–Trinajstić information content (AvgIpc) is 3.27. The molecule has 0 aliphatic heterocycles. The number of rotatable bonds is 3. The zero-order valence-corrected chi connectivity index (χ0v) is 19.9. The van der Waals surface area contributed by atoms with Gasteiger partial charge in [-0.05, 0) is 70.3 Å². The molecular weight excluding hydrogens is 438 g/mol. The van der Waals surface area contributed by atoms with E-state index < -0.39 is 0 Å². The third kappa shape index (κ3) is 3.14. The number of nitrogens with zero attached hydrogens (tertiary/aromatic N) is 3. The molecule has 0 saturated heterocycles. The highest BCUT2D eigenvalue weighted by molar-refractivity contribution is 6.18. The van der Waals surface area contributed by atoms with E-state index in [1.807, 2.05) is 18.5 Å². The summed E-state index contributed by atoms with van der Waals surface area (Å²) >= 11 is 0. The van der Waals surface area contributed by atoms with Gasteiger partial charge in [-0.1, -0.05) is 78.9 Å². The van der Waals surface area contributed by atoms with Crippen molar-refractivity contribution in [1.82, 2.24) is 14.5 Å². The Bertz CT molecular complexity index is 1840. The monoisotopic (exact) mass is 461 g/mol. The fraction of sp³-hybridized carbons (Fsp3) is 0.0303. The Kier molecular flexibility index (Phi) is 4.68. The van der Waals surface area contributed by atoms with Crippen LogP contribution in [-0.2, 0) is 0 Å². The lowest BCUT2D eigenvalue weighted by molar-refractivity contribution is 1.02. The molecule has 3 nitrogen and oxygen atoms in total. The van der Waals surface area contributed by atoms with Crippen molar-refractivity contribution in [3.05, 3.63) is 127 Å². The van der Waals surface area contributed by atoms with Crippen LogP contribution in [-0.4, -0.2) is 14.5 Å².